The van der Waals surface area contributed by atoms with Gasteiger partial charge in [-0.15, -0.1) is 11.3 Å². The van der Waals surface area contributed by atoms with E-state index in [1.807, 2.05) is 24.3 Å². The van der Waals surface area contributed by atoms with Crippen LogP contribution in [0.3, 0.4) is 0 Å². The summed E-state index contributed by atoms with van der Waals surface area (Å²) in [7, 11) is 4.49. The average molecular weight is 374 g/mol. The number of fused-ring (bicyclic) bond motifs is 2. The lowest BCUT2D eigenvalue weighted by molar-refractivity contribution is 0.397. The first-order valence-electron chi connectivity index (χ1n) is 7.31. The Kier molecular flexibility index (Phi) is 3.91. The number of benzene rings is 1. The van der Waals surface area contributed by atoms with Crippen LogP contribution in [0.1, 0.15) is 5.30 Å². The number of methoxy groups -OCH3 is 2. The number of anilines is 1. The maximum atomic E-state index is 8.12. The molecule has 3 N–H and O–H groups in total. The van der Waals surface area contributed by atoms with Crippen molar-refractivity contribution in [1.29, 1.82) is 5.41 Å². The minimum absolute atomic E-state index is 0.682. The third kappa shape index (κ3) is 2.37. The van der Waals surface area contributed by atoms with E-state index in [-0.39, 0.29) is 0 Å². The van der Waals surface area contributed by atoms with Gasteiger partial charge in [0.2, 0.25) is 0 Å². The Balaban J connectivity index is 2.15. The van der Waals surface area contributed by atoms with Crippen molar-refractivity contribution < 1.29 is 9.47 Å². The average Bonchev–Trinajstić information content (AvgIpc) is 3.12. The first kappa shape index (κ1) is 15.8. The molecule has 0 radical (unpaired) electrons. The number of thiophene rings is 1. The number of ether oxygens (including phenoxy) is 2. The summed E-state index contributed by atoms with van der Waals surface area (Å²) < 4.78 is 12.4. The normalized spacial score (nSPS) is 13.7. The number of rotatable bonds is 3. The molecule has 0 fully saturated rings. The smallest absolute Gasteiger partial charge is 0.130 e. The fraction of sp³-hybridized carbons (Fsp3) is 0.176. The molecule has 0 atom stereocenters. The number of nitrogen functional groups attached to an aromatic ring is 1. The van der Waals surface area contributed by atoms with E-state index >= 15 is 0 Å². The predicted octanol–water partition coefficient (Wildman–Crippen LogP) is 5.37. The highest BCUT2D eigenvalue weighted by Gasteiger charge is 2.28. The molecule has 0 amide bonds. The molecule has 24 heavy (non-hydrogen) atoms. The third-order valence-corrected chi connectivity index (χ3v) is 7.51. The van der Waals surface area contributed by atoms with Crippen LogP contribution in [0.4, 0.5) is 5.00 Å². The van der Waals surface area contributed by atoms with Gasteiger partial charge in [0.05, 0.1) is 34.5 Å². The molecule has 1 aliphatic rings. The minimum atomic E-state index is 0.682. The Labute approximate surface area is 149 Å². The van der Waals surface area contributed by atoms with Gasteiger partial charge in [0, 0.05) is 27.3 Å². The molecule has 3 aromatic rings. The Morgan fingerprint density at radius 3 is 2.54 bits per heavy atom. The Morgan fingerprint density at radius 2 is 1.88 bits per heavy atom. The van der Waals surface area contributed by atoms with Gasteiger partial charge in [-0.2, -0.15) is 0 Å². The van der Waals surface area contributed by atoms with E-state index in [1.54, 1.807) is 25.6 Å². The lowest BCUT2D eigenvalue weighted by atomic mass is 10.0. The monoisotopic (exact) mass is 374 g/mol. The van der Waals surface area contributed by atoms with Crippen LogP contribution in [0, 0.1) is 5.41 Å². The van der Waals surface area contributed by atoms with Crippen LogP contribution in [0.15, 0.2) is 29.2 Å². The lowest BCUT2D eigenvalue weighted by Crippen LogP contribution is -1.94. The van der Waals surface area contributed by atoms with Crippen molar-refractivity contribution in [3.8, 4) is 22.6 Å². The topological polar surface area (TPSA) is 68.3 Å². The van der Waals surface area contributed by atoms with E-state index in [0.717, 1.165) is 45.4 Å². The summed E-state index contributed by atoms with van der Waals surface area (Å²) in [6, 6.07) is 7.85. The Bertz CT molecular complexity index is 962. The second kappa shape index (κ2) is 5.96. The molecule has 1 aliphatic heterocycles. The van der Waals surface area contributed by atoms with Crippen LogP contribution in [0.2, 0.25) is 0 Å². The summed E-state index contributed by atoms with van der Waals surface area (Å²) >= 11 is 3.12. The van der Waals surface area contributed by atoms with Gasteiger partial charge >= 0.3 is 0 Å². The fourth-order valence-electron chi connectivity index (χ4n) is 2.97. The Morgan fingerprint density at radius 1 is 1.17 bits per heavy atom. The molecule has 0 saturated carbocycles. The van der Waals surface area contributed by atoms with Gasteiger partial charge in [-0.1, -0.05) is 26.0 Å². The van der Waals surface area contributed by atoms with Crippen molar-refractivity contribution >= 4 is 51.2 Å². The molecule has 7 heteroatoms. The van der Waals surface area contributed by atoms with Crippen LogP contribution in [0.25, 0.3) is 20.9 Å². The molecule has 3 heterocycles. The van der Waals surface area contributed by atoms with Gasteiger partial charge < -0.3 is 15.2 Å². The molecule has 1 aromatic carbocycles. The van der Waals surface area contributed by atoms with E-state index in [4.69, 9.17) is 20.6 Å². The highest BCUT2D eigenvalue weighted by molar-refractivity contribution is 8.14. The van der Waals surface area contributed by atoms with Gasteiger partial charge in [-0.05, 0) is 18.2 Å². The molecular formula is C17H15N2O2PS2. The predicted molar refractivity (Wildman–Crippen MR) is 105 cm³/mol. The largest absolute Gasteiger partial charge is 0.496 e. The van der Waals surface area contributed by atoms with E-state index in [1.165, 1.54) is 22.2 Å². The number of hydrogen-bond acceptors (Lipinski definition) is 6. The molecular weight excluding hydrogens is 359 g/mol. The highest BCUT2D eigenvalue weighted by Crippen LogP contribution is 2.55. The first-order chi connectivity index (χ1) is 11.6. The molecule has 4 nitrogen and oxygen atoms in total. The van der Waals surface area contributed by atoms with Crippen molar-refractivity contribution in [2.45, 2.75) is 11.3 Å². The van der Waals surface area contributed by atoms with E-state index < -0.39 is 0 Å². The zero-order chi connectivity index (χ0) is 16.8. The summed E-state index contributed by atoms with van der Waals surface area (Å²) in [4.78, 5) is 1.15. The molecule has 0 spiro atoms. The molecule has 4 rings (SSSR count). The van der Waals surface area contributed by atoms with Crippen LogP contribution in [-0.2, 0) is 6.42 Å². The standard InChI is InChI=1S/C17H15N2O2PS2/c1-20-8-4-3-5-9(21-2)14(8)15-16-10(6-12(18)23-16)22-11-7-13(19)24-17(11)15/h3-6,19H,7,18H2,1-2H3. The van der Waals surface area contributed by atoms with Crippen LogP contribution in [0.5, 0.6) is 11.5 Å². The minimum Gasteiger partial charge on any atom is -0.496 e. The van der Waals surface area contributed by atoms with Gasteiger partial charge in [-0.25, -0.2) is 0 Å². The van der Waals surface area contributed by atoms with Crippen molar-refractivity contribution in [2.75, 3.05) is 20.0 Å². The maximum Gasteiger partial charge on any atom is 0.130 e. The van der Waals surface area contributed by atoms with Gasteiger partial charge in [-0.3, -0.25) is 5.41 Å². The second-order valence-corrected chi connectivity index (χ2v) is 8.80. The van der Waals surface area contributed by atoms with Gasteiger partial charge in [0.15, 0.2) is 0 Å². The number of nitrogens with one attached hydrogen (secondary N) is 1. The van der Waals surface area contributed by atoms with Crippen LogP contribution < -0.4 is 15.2 Å². The third-order valence-electron chi connectivity index (χ3n) is 3.93. The van der Waals surface area contributed by atoms with Crippen molar-refractivity contribution in [3.05, 3.63) is 29.6 Å². The lowest BCUT2D eigenvalue weighted by Gasteiger charge is -2.16. The van der Waals surface area contributed by atoms with Crippen molar-refractivity contribution in [1.82, 2.24) is 0 Å². The fourth-order valence-corrected chi connectivity index (χ4v) is 6.78. The summed E-state index contributed by atoms with van der Waals surface area (Å²) in [6.45, 7) is 0. The molecule has 2 aromatic heterocycles. The SMILES string of the molecule is COc1cccc(OC)c1-c1c2c(pc3cc(N)sc13)CC(=N)S2. The zero-order valence-electron chi connectivity index (χ0n) is 13.2. The summed E-state index contributed by atoms with van der Waals surface area (Å²) in [6.07, 6.45) is 0.706. The molecule has 0 unspecified atom stereocenters. The molecule has 0 aliphatic carbocycles. The van der Waals surface area contributed by atoms with Crippen molar-refractivity contribution in [3.63, 3.8) is 0 Å². The quantitative estimate of drug-likeness (QED) is 0.646. The highest BCUT2D eigenvalue weighted by atomic mass is 32.2. The second-order valence-electron chi connectivity index (χ2n) is 5.37. The number of nitrogens with two attached hydrogens (primary N) is 1. The first-order valence-corrected chi connectivity index (χ1v) is 9.83. The van der Waals surface area contributed by atoms with Gasteiger partial charge in [0.1, 0.15) is 11.5 Å². The van der Waals surface area contributed by atoms with Crippen molar-refractivity contribution in [2.24, 2.45) is 0 Å². The van der Waals surface area contributed by atoms with Crippen LogP contribution in [-0.4, -0.2) is 19.3 Å². The summed E-state index contributed by atoms with van der Waals surface area (Å²) in [5.74, 6) is 1.54. The van der Waals surface area contributed by atoms with Gasteiger partial charge in [0.25, 0.3) is 0 Å². The summed E-state index contributed by atoms with van der Waals surface area (Å²) in [5, 5.41) is 12.1. The molecule has 0 bridgehead atoms. The summed E-state index contributed by atoms with van der Waals surface area (Å²) in [5.41, 5.74) is 8.11. The van der Waals surface area contributed by atoms with E-state index in [9.17, 15) is 0 Å². The van der Waals surface area contributed by atoms with E-state index in [2.05, 4.69) is 0 Å². The number of hydrogen-bond donors (Lipinski definition) is 2. The van der Waals surface area contributed by atoms with Crippen LogP contribution >= 0.6 is 31.3 Å². The molecule has 122 valence electrons. The Hall–Kier alpha value is -1.75. The maximum absolute atomic E-state index is 8.12. The molecule has 0 saturated heterocycles. The van der Waals surface area contributed by atoms with E-state index in [0.29, 0.717) is 11.5 Å². The zero-order valence-corrected chi connectivity index (χ0v) is 15.7. The number of thioether (sulfide) groups is 1.